The molecule has 0 saturated carbocycles. The van der Waals surface area contributed by atoms with Gasteiger partial charge in [0.2, 0.25) is 0 Å². The summed E-state index contributed by atoms with van der Waals surface area (Å²) < 4.78 is 0. The molecule has 3 aromatic rings. The highest BCUT2D eigenvalue weighted by Crippen LogP contribution is 2.62. The smallest absolute Gasteiger partial charge is 0.0725 e. The molecular formula is C31H26. The van der Waals surface area contributed by atoms with Gasteiger partial charge in [-0.25, -0.2) is 0 Å². The van der Waals surface area contributed by atoms with Crippen LogP contribution in [0.2, 0.25) is 0 Å². The van der Waals surface area contributed by atoms with Crippen molar-refractivity contribution in [3.05, 3.63) is 144 Å². The van der Waals surface area contributed by atoms with Gasteiger partial charge >= 0.3 is 0 Å². The van der Waals surface area contributed by atoms with Crippen LogP contribution in [0.4, 0.5) is 0 Å². The quantitative estimate of drug-likeness (QED) is 0.389. The third-order valence-electron chi connectivity index (χ3n) is 6.72. The first-order valence-electron chi connectivity index (χ1n) is 10.8. The molecule has 3 aromatic carbocycles. The highest BCUT2D eigenvalue weighted by Gasteiger charge is 2.51. The van der Waals surface area contributed by atoms with E-state index in [-0.39, 0.29) is 5.41 Å². The monoisotopic (exact) mass is 398 g/mol. The second-order valence-electron chi connectivity index (χ2n) is 8.22. The molecule has 0 heterocycles. The summed E-state index contributed by atoms with van der Waals surface area (Å²) in [6, 6.07) is 24.6. The Morgan fingerprint density at radius 1 is 0.806 bits per heavy atom. The molecule has 1 unspecified atom stereocenters. The molecule has 0 saturated heterocycles. The lowest BCUT2D eigenvalue weighted by atomic mass is 9.69. The van der Waals surface area contributed by atoms with E-state index in [0.29, 0.717) is 0 Å². The van der Waals surface area contributed by atoms with E-state index in [4.69, 9.17) is 0 Å². The summed E-state index contributed by atoms with van der Waals surface area (Å²) in [5.41, 5.74) is 12.6. The lowest BCUT2D eigenvalue weighted by molar-refractivity contribution is 0.785. The summed E-state index contributed by atoms with van der Waals surface area (Å²) in [5, 5.41) is 0. The molecule has 2 aliphatic carbocycles. The Balaban J connectivity index is 1.97. The van der Waals surface area contributed by atoms with Crippen LogP contribution >= 0.6 is 0 Å². The van der Waals surface area contributed by atoms with E-state index in [2.05, 4.69) is 112 Å². The van der Waals surface area contributed by atoms with Crippen LogP contribution in [0, 0.1) is 0 Å². The van der Waals surface area contributed by atoms with E-state index in [1.165, 1.54) is 55.7 Å². The van der Waals surface area contributed by atoms with Crippen molar-refractivity contribution >= 4 is 11.1 Å². The molecule has 0 radical (unpaired) electrons. The average molecular weight is 399 g/mol. The number of hydrogen-bond acceptors (Lipinski definition) is 0. The Morgan fingerprint density at radius 2 is 1.45 bits per heavy atom. The van der Waals surface area contributed by atoms with Crippen LogP contribution in [0.15, 0.2) is 116 Å². The SMILES string of the molecule is C=C/C=C(\C)c1ccc2c(c1)C1(C(/C=C\C)=C(C=C)c3ccccc31)c1ccccc1-2. The van der Waals surface area contributed by atoms with Crippen molar-refractivity contribution in [2.75, 3.05) is 0 Å². The average Bonchev–Trinajstić information content (AvgIpc) is 3.25. The molecule has 31 heavy (non-hydrogen) atoms. The van der Waals surface area contributed by atoms with Crippen LogP contribution in [-0.2, 0) is 5.41 Å². The first-order chi connectivity index (χ1) is 15.2. The summed E-state index contributed by atoms with van der Waals surface area (Å²) >= 11 is 0. The lowest BCUT2D eigenvalue weighted by Crippen LogP contribution is -2.26. The van der Waals surface area contributed by atoms with E-state index in [0.717, 1.165) is 0 Å². The van der Waals surface area contributed by atoms with Gasteiger partial charge in [-0.05, 0) is 75.6 Å². The van der Waals surface area contributed by atoms with E-state index in [1.807, 2.05) is 12.2 Å². The van der Waals surface area contributed by atoms with Gasteiger partial charge in [-0.2, -0.15) is 0 Å². The lowest BCUT2D eigenvalue weighted by Gasteiger charge is -2.32. The van der Waals surface area contributed by atoms with E-state index >= 15 is 0 Å². The predicted molar refractivity (Wildman–Crippen MR) is 134 cm³/mol. The highest BCUT2D eigenvalue weighted by molar-refractivity contribution is 5.98. The highest BCUT2D eigenvalue weighted by atomic mass is 14.5. The predicted octanol–water partition coefficient (Wildman–Crippen LogP) is 8.12. The fourth-order valence-corrected chi connectivity index (χ4v) is 5.52. The standard InChI is InChI=1S/C31H26/c1-5-12-21(4)22-18-19-26-25-15-9-11-17-29(25)31(30(26)20-22)27(13-6-2)23(7-3)24-14-8-10-16-28(24)31/h5-20H,1,3H2,2,4H3/b13-6-,21-12+. The third kappa shape index (κ3) is 2.48. The van der Waals surface area contributed by atoms with Gasteiger partial charge in [-0.15, -0.1) is 0 Å². The molecule has 1 atom stereocenters. The molecule has 150 valence electrons. The molecule has 0 aromatic heterocycles. The molecule has 0 heteroatoms. The summed E-state index contributed by atoms with van der Waals surface area (Å²) in [6.45, 7) is 12.3. The molecule has 0 N–H and O–H groups in total. The van der Waals surface area contributed by atoms with E-state index < -0.39 is 0 Å². The topological polar surface area (TPSA) is 0 Å². The van der Waals surface area contributed by atoms with Crippen molar-refractivity contribution in [2.24, 2.45) is 0 Å². The van der Waals surface area contributed by atoms with Crippen molar-refractivity contribution in [1.29, 1.82) is 0 Å². The van der Waals surface area contributed by atoms with Gasteiger partial charge in [0.1, 0.15) is 0 Å². The molecular weight excluding hydrogens is 372 g/mol. The molecule has 0 nitrogen and oxygen atoms in total. The number of hydrogen-bond donors (Lipinski definition) is 0. The maximum Gasteiger partial charge on any atom is 0.0725 e. The summed E-state index contributed by atoms with van der Waals surface area (Å²) in [6.07, 6.45) is 10.4. The van der Waals surface area contributed by atoms with Crippen LogP contribution in [0.5, 0.6) is 0 Å². The second-order valence-corrected chi connectivity index (χ2v) is 8.22. The van der Waals surface area contributed by atoms with Gasteiger partial charge < -0.3 is 0 Å². The van der Waals surface area contributed by atoms with Gasteiger partial charge in [0.15, 0.2) is 0 Å². The van der Waals surface area contributed by atoms with Crippen molar-refractivity contribution in [3.63, 3.8) is 0 Å². The first-order valence-corrected chi connectivity index (χ1v) is 10.8. The first kappa shape index (κ1) is 19.3. The molecule has 5 rings (SSSR count). The minimum absolute atomic E-state index is 0.330. The zero-order chi connectivity index (χ0) is 21.6. The Labute approximate surface area is 185 Å². The second kappa shape index (κ2) is 7.25. The third-order valence-corrected chi connectivity index (χ3v) is 6.72. The zero-order valence-electron chi connectivity index (χ0n) is 18.2. The molecule has 0 amide bonds. The van der Waals surface area contributed by atoms with Gasteiger partial charge in [0.25, 0.3) is 0 Å². The number of allylic oxidation sites excluding steroid dienone is 8. The van der Waals surface area contributed by atoms with Crippen LogP contribution < -0.4 is 0 Å². The van der Waals surface area contributed by atoms with Crippen LogP contribution in [0.25, 0.3) is 22.3 Å². The summed E-state index contributed by atoms with van der Waals surface area (Å²) in [7, 11) is 0. The largest absolute Gasteiger partial charge is 0.0991 e. The van der Waals surface area contributed by atoms with Gasteiger partial charge in [0.05, 0.1) is 5.41 Å². The van der Waals surface area contributed by atoms with Crippen LogP contribution in [0.1, 0.15) is 41.7 Å². The van der Waals surface area contributed by atoms with E-state index in [1.54, 1.807) is 0 Å². The summed E-state index contributed by atoms with van der Waals surface area (Å²) in [5.74, 6) is 0. The Morgan fingerprint density at radius 3 is 2.13 bits per heavy atom. The van der Waals surface area contributed by atoms with Crippen molar-refractivity contribution in [1.82, 2.24) is 0 Å². The van der Waals surface area contributed by atoms with Crippen LogP contribution in [0.3, 0.4) is 0 Å². The van der Waals surface area contributed by atoms with Gasteiger partial charge in [-0.1, -0.05) is 104 Å². The Kier molecular flexibility index (Phi) is 4.52. The number of rotatable bonds is 4. The fourth-order valence-electron chi connectivity index (χ4n) is 5.52. The maximum atomic E-state index is 4.20. The normalized spacial score (nSPS) is 19.0. The minimum Gasteiger partial charge on any atom is -0.0991 e. The Hall–Kier alpha value is -3.64. The van der Waals surface area contributed by atoms with Gasteiger partial charge in [-0.3, -0.25) is 0 Å². The minimum atomic E-state index is -0.330. The Bertz CT molecular complexity index is 1330. The number of fused-ring (bicyclic) bond motifs is 7. The molecule has 0 fully saturated rings. The summed E-state index contributed by atoms with van der Waals surface area (Å²) in [4.78, 5) is 0. The van der Waals surface area contributed by atoms with E-state index in [9.17, 15) is 0 Å². The zero-order valence-corrected chi connectivity index (χ0v) is 18.2. The van der Waals surface area contributed by atoms with Crippen LogP contribution in [-0.4, -0.2) is 0 Å². The molecule has 0 bridgehead atoms. The number of benzene rings is 3. The fraction of sp³-hybridized carbons (Fsp3) is 0.0968. The molecule has 2 aliphatic rings. The molecule has 0 aliphatic heterocycles. The van der Waals surface area contributed by atoms with Gasteiger partial charge in [0, 0.05) is 0 Å². The van der Waals surface area contributed by atoms with Crippen molar-refractivity contribution < 1.29 is 0 Å². The molecule has 1 spiro atoms. The maximum absolute atomic E-state index is 4.20. The van der Waals surface area contributed by atoms with Crippen molar-refractivity contribution in [2.45, 2.75) is 19.3 Å². The van der Waals surface area contributed by atoms with Crippen molar-refractivity contribution in [3.8, 4) is 11.1 Å².